The smallest absolute Gasteiger partial charge is 0.306 e. The van der Waals surface area contributed by atoms with Gasteiger partial charge in [-0.2, -0.15) is 0 Å². The lowest BCUT2D eigenvalue weighted by Crippen LogP contribution is -2.43. The first-order valence-corrected chi connectivity index (χ1v) is 13.4. The zero-order chi connectivity index (χ0) is 20.4. The van der Waals surface area contributed by atoms with Crippen molar-refractivity contribution in [2.75, 3.05) is 7.11 Å². The van der Waals surface area contributed by atoms with Gasteiger partial charge in [-0.15, -0.1) is 0 Å². The van der Waals surface area contributed by atoms with Crippen LogP contribution in [0.25, 0.3) is 0 Å². The van der Waals surface area contributed by atoms with Crippen molar-refractivity contribution in [3.63, 3.8) is 0 Å². The van der Waals surface area contributed by atoms with Crippen molar-refractivity contribution in [3.8, 4) is 0 Å². The molecule has 3 atom stereocenters. The molecule has 1 aromatic rings. The first kappa shape index (κ1) is 22.1. The molecule has 0 saturated heterocycles. The molecule has 1 aliphatic carbocycles. The maximum atomic E-state index is 13.2. The third kappa shape index (κ3) is 5.39. The largest absolute Gasteiger partial charge is 0.469 e. The van der Waals surface area contributed by atoms with Crippen LogP contribution in [0.1, 0.15) is 39.2 Å². The van der Waals surface area contributed by atoms with Crippen LogP contribution in [-0.4, -0.2) is 31.7 Å². The summed E-state index contributed by atoms with van der Waals surface area (Å²) in [5, 5.41) is 0.0948. The molecule has 0 heterocycles. The molecule has 0 N–H and O–H groups in total. The van der Waals surface area contributed by atoms with E-state index < -0.39 is 19.1 Å². The molecule has 0 aromatic heterocycles. The summed E-state index contributed by atoms with van der Waals surface area (Å²) < 4.78 is 24.6. The molecule has 0 saturated carbocycles. The van der Waals surface area contributed by atoms with E-state index in [4.69, 9.17) is 9.16 Å². The minimum Gasteiger partial charge on any atom is -0.469 e. The summed E-state index contributed by atoms with van der Waals surface area (Å²) in [4.78, 5) is 13.4. The van der Waals surface area contributed by atoms with Gasteiger partial charge in [0, 0.05) is 15.7 Å². The van der Waals surface area contributed by atoms with E-state index in [1.165, 1.54) is 7.11 Å². The van der Waals surface area contributed by atoms with Gasteiger partial charge < -0.3 is 9.16 Å². The number of benzene rings is 1. The number of allylic oxidation sites excluding steroid dienone is 1. The highest BCUT2D eigenvalue weighted by atomic mass is 32.2. The lowest BCUT2D eigenvalue weighted by Gasteiger charge is -2.38. The SMILES string of the molecule is COC(=O)C[C@H]1C[C@H](O[Si](C)(C)C(C)(C)C)C=C1S(=O)c1ccc(C)cc1. The molecule has 0 aliphatic heterocycles. The van der Waals surface area contributed by atoms with Crippen molar-refractivity contribution in [2.24, 2.45) is 5.92 Å². The van der Waals surface area contributed by atoms with Crippen LogP contribution in [0.15, 0.2) is 40.1 Å². The molecular formula is C21H32O4SSi. The fourth-order valence-corrected chi connectivity index (χ4v) is 5.59. The number of methoxy groups -OCH3 is 1. The Morgan fingerprint density at radius 3 is 2.33 bits per heavy atom. The van der Waals surface area contributed by atoms with Crippen LogP contribution in [0, 0.1) is 12.8 Å². The van der Waals surface area contributed by atoms with Crippen LogP contribution >= 0.6 is 0 Å². The summed E-state index contributed by atoms with van der Waals surface area (Å²) in [6, 6.07) is 7.70. The van der Waals surface area contributed by atoms with E-state index in [0.717, 1.165) is 15.4 Å². The Morgan fingerprint density at radius 1 is 1.22 bits per heavy atom. The van der Waals surface area contributed by atoms with Crippen LogP contribution in [0.2, 0.25) is 18.1 Å². The summed E-state index contributed by atoms with van der Waals surface area (Å²) >= 11 is 0. The molecule has 150 valence electrons. The third-order valence-electron chi connectivity index (χ3n) is 5.61. The maximum Gasteiger partial charge on any atom is 0.306 e. The average Bonchev–Trinajstić information content (AvgIpc) is 2.95. The van der Waals surface area contributed by atoms with E-state index in [1.807, 2.05) is 37.3 Å². The summed E-state index contributed by atoms with van der Waals surface area (Å²) in [7, 11) is -1.87. The van der Waals surface area contributed by atoms with Gasteiger partial charge in [0.1, 0.15) is 0 Å². The highest BCUT2D eigenvalue weighted by Crippen LogP contribution is 2.41. The minimum absolute atomic E-state index is 0.0948. The Labute approximate surface area is 166 Å². The molecule has 2 rings (SSSR count). The van der Waals surface area contributed by atoms with Crippen LogP contribution in [-0.2, 0) is 24.8 Å². The molecule has 1 aliphatic rings. The van der Waals surface area contributed by atoms with E-state index in [0.29, 0.717) is 6.42 Å². The van der Waals surface area contributed by atoms with E-state index in [2.05, 4.69) is 33.9 Å². The second kappa shape index (κ2) is 8.41. The Bertz CT molecular complexity index is 732. The molecule has 1 aromatic carbocycles. The minimum atomic E-state index is -1.96. The second-order valence-electron chi connectivity index (χ2n) is 8.78. The highest BCUT2D eigenvalue weighted by molar-refractivity contribution is 7.89. The van der Waals surface area contributed by atoms with E-state index in [9.17, 15) is 9.00 Å². The standard InChI is InChI=1S/C21H32O4SSi/c1-15-8-10-18(11-9-15)26(23)19-14-17(12-16(19)13-20(22)24-5)25-27(6,7)21(2,3)4/h8-11,14,16-17H,12-13H2,1-7H3/t16-,17+,26?/m1/s1. The molecule has 1 unspecified atom stereocenters. The molecule has 0 amide bonds. The van der Waals surface area contributed by atoms with Gasteiger partial charge in [0.2, 0.25) is 0 Å². The number of ether oxygens (including phenoxy) is 1. The van der Waals surface area contributed by atoms with Crippen LogP contribution in [0.4, 0.5) is 0 Å². The fraction of sp³-hybridized carbons (Fsp3) is 0.571. The van der Waals surface area contributed by atoms with E-state index >= 15 is 0 Å². The Balaban J connectivity index is 2.28. The summed E-state index contributed by atoms with van der Waals surface area (Å²) in [5.41, 5.74) is 1.13. The summed E-state index contributed by atoms with van der Waals surface area (Å²) in [5.74, 6) is -0.394. The molecule has 6 heteroatoms. The van der Waals surface area contributed by atoms with Gasteiger partial charge in [-0.25, -0.2) is 4.21 Å². The zero-order valence-corrected chi connectivity index (χ0v) is 19.3. The Hall–Kier alpha value is -1.24. The lowest BCUT2D eigenvalue weighted by molar-refractivity contribution is -0.141. The predicted molar refractivity (Wildman–Crippen MR) is 112 cm³/mol. The van der Waals surface area contributed by atoms with Crippen molar-refractivity contribution >= 4 is 25.1 Å². The second-order valence-corrected chi connectivity index (χ2v) is 15.0. The van der Waals surface area contributed by atoms with Crippen molar-refractivity contribution in [1.29, 1.82) is 0 Å². The first-order valence-electron chi connectivity index (χ1n) is 9.39. The fourth-order valence-electron chi connectivity index (χ4n) is 2.90. The molecular weight excluding hydrogens is 376 g/mol. The zero-order valence-electron chi connectivity index (χ0n) is 17.5. The Kier molecular flexibility index (Phi) is 6.87. The van der Waals surface area contributed by atoms with Gasteiger partial charge in [-0.3, -0.25) is 4.79 Å². The number of rotatable bonds is 6. The number of carbonyl (C=O) groups excluding carboxylic acids is 1. The predicted octanol–water partition coefficient (Wildman–Crippen LogP) is 4.96. The number of hydrogen-bond acceptors (Lipinski definition) is 4. The molecule has 27 heavy (non-hydrogen) atoms. The number of esters is 1. The normalized spacial score (nSPS) is 21.7. The Morgan fingerprint density at radius 2 is 1.81 bits per heavy atom. The van der Waals surface area contributed by atoms with Gasteiger partial charge >= 0.3 is 5.97 Å². The van der Waals surface area contributed by atoms with Crippen molar-refractivity contribution < 1.29 is 18.2 Å². The van der Waals surface area contributed by atoms with Gasteiger partial charge in [0.15, 0.2) is 8.32 Å². The summed E-state index contributed by atoms with van der Waals surface area (Å²) in [6.45, 7) is 13.0. The molecule has 0 fully saturated rings. The van der Waals surface area contributed by atoms with Gasteiger partial charge in [0.05, 0.1) is 30.4 Å². The van der Waals surface area contributed by atoms with Crippen LogP contribution in [0.5, 0.6) is 0 Å². The highest BCUT2D eigenvalue weighted by Gasteiger charge is 2.41. The quantitative estimate of drug-likeness (QED) is 0.493. The van der Waals surface area contributed by atoms with Crippen molar-refractivity contribution in [2.45, 2.75) is 69.7 Å². The number of aryl methyl sites for hydroxylation is 1. The van der Waals surface area contributed by atoms with Crippen molar-refractivity contribution in [1.82, 2.24) is 0 Å². The van der Waals surface area contributed by atoms with Crippen molar-refractivity contribution in [3.05, 3.63) is 40.8 Å². The van der Waals surface area contributed by atoms with Gasteiger partial charge in [-0.05, 0) is 49.7 Å². The average molecular weight is 409 g/mol. The first-order chi connectivity index (χ1) is 12.4. The van der Waals surface area contributed by atoms with Gasteiger partial charge in [0.25, 0.3) is 0 Å². The van der Waals surface area contributed by atoms with Crippen LogP contribution in [0.3, 0.4) is 0 Å². The monoisotopic (exact) mass is 408 g/mol. The summed E-state index contributed by atoms with van der Waals surface area (Å²) in [6.07, 6.45) is 2.79. The number of hydrogen-bond donors (Lipinski definition) is 0. The maximum absolute atomic E-state index is 13.2. The van der Waals surface area contributed by atoms with Crippen LogP contribution < -0.4 is 0 Å². The third-order valence-corrected chi connectivity index (χ3v) is 11.7. The topological polar surface area (TPSA) is 52.6 Å². The molecule has 0 radical (unpaired) electrons. The lowest BCUT2D eigenvalue weighted by atomic mass is 10.0. The van der Waals surface area contributed by atoms with Gasteiger partial charge in [-0.1, -0.05) is 38.5 Å². The molecule has 0 spiro atoms. The molecule has 4 nitrogen and oxygen atoms in total. The molecule has 0 bridgehead atoms. The van der Waals surface area contributed by atoms with E-state index in [1.54, 1.807) is 0 Å². The van der Waals surface area contributed by atoms with E-state index in [-0.39, 0.29) is 29.5 Å². The number of carbonyl (C=O) groups is 1.